The highest BCUT2D eigenvalue weighted by atomic mass is 127. The van der Waals surface area contributed by atoms with Crippen LogP contribution in [-0.4, -0.2) is 16.3 Å². The number of hydrogen-bond donors (Lipinski definition) is 2. The number of nitrogens with zero attached hydrogens (tertiary/aromatic N) is 2. The van der Waals surface area contributed by atoms with Crippen LogP contribution in [0, 0.1) is 3.57 Å². The van der Waals surface area contributed by atoms with Gasteiger partial charge in [0.2, 0.25) is 0 Å². The van der Waals surface area contributed by atoms with Crippen molar-refractivity contribution in [3.8, 4) is 0 Å². The molecule has 13 heavy (non-hydrogen) atoms. The SMILES string of the molecule is NC(=S)NN=Cc1ccc(I)cn1. The first-order valence-corrected chi connectivity index (χ1v) is 4.87. The number of hydrogen-bond acceptors (Lipinski definition) is 3. The molecule has 0 aromatic carbocycles. The Bertz CT molecular complexity index is 322. The van der Waals surface area contributed by atoms with Gasteiger partial charge in [0.25, 0.3) is 0 Å². The molecule has 6 heteroatoms. The maximum absolute atomic E-state index is 5.17. The Hall–Kier alpha value is -0.760. The Balaban J connectivity index is 2.59. The summed E-state index contributed by atoms with van der Waals surface area (Å²) in [6, 6.07) is 3.79. The Morgan fingerprint density at radius 2 is 2.46 bits per heavy atom. The van der Waals surface area contributed by atoms with Gasteiger partial charge in [-0.1, -0.05) is 0 Å². The molecule has 0 radical (unpaired) electrons. The molecule has 3 N–H and O–H groups in total. The number of halogens is 1. The second-order valence-corrected chi connectivity index (χ2v) is 3.82. The fourth-order valence-corrected chi connectivity index (χ4v) is 0.997. The molecule has 0 bridgehead atoms. The summed E-state index contributed by atoms with van der Waals surface area (Å²) < 4.78 is 1.08. The zero-order chi connectivity index (χ0) is 9.68. The van der Waals surface area contributed by atoms with E-state index >= 15 is 0 Å². The molecule has 4 nitrogen and oxygen atoms in total. The Morgan fingerprint density at radius 3 is 3.00 bits per heavy atom. The van der Waals surface area contributed by atoms with Gasteiger partial charge in [-0.25, -0.2) is 0 Å². The van der Waals surface area contributed by atoms with Crippen molar-refractivity contribution in [3.63, 3.8) is 0 Å². The quantitative estimate of drug-likeness (QED) is 0.368. The molecule has 0 fully saturated rings. The third kappa shape index (κ3) is 4.13. The summed E-state index contributed by atoms with van der Waals surface area (Å²) in [7, 11) is 0. The fourth-order valence-electron chi connectivity index (χ4n) is 0.626. The molecule has 68 valence electrons. The van der Waals surface area contributed by atoms with E-state index in [9.17, 15) is 0 Å². The zero-order valence-corrected chi connectivity index (χ0v) is 9.54. The van der Waals surface area contributed by atoms with Crippen LogP contribution in [0.4, 0.5) is 0 Å². The Labute approximate surface area is 94.8 Å². The Morgan fingerprint density at radius 1 is 1.69 bits per heavy atom. The molecule has 0 atom stereocenters. The van der Waals surface area contributed by atoms with Crippen LogP contribution in [0.3, 0.4) is 0 Å². The van der Waals surface area contributed by atoms with Gasteiger partial charge >= 0.3 is 0 Å². The second kappa shape index (κ2) is 5.07. The lowest BCUT2D eigenvalue weighted by atomic mass is 10.4. The molecule has 0 spiro atoms. The van der Waals surface area contributed by atoms with Crippen molar-refractivity contribution in [3.05, 3.63) is 27.6 Å². The van der Waals surface area contributed by atoms with Gasteiger partial charge in [0.05, 0.1) is 11.9 Å². The molecule has 1 aromatic heterocycles. The van der Waals surface area contributed by atoms with Crippen molar-refractivity contribution in [2.75, 3.05) is 0 Å². The third-order valence-electron chi connectivity index (χ3n) is 1.12. The average Bonchev–Trinajstić information content (AvgIpc) is 2.08. The summed E-state index contributed by atoms with van der Waals surface area (Å²) in [4.78, 5) is 4.09. The zero-order valence-electron chi connectivity index (χ0n) is 6.57. The monoisotopic (exact) mass is 306 g/mol. The molecule has 1 rings (SSSR count). The van der Waals surface area contributed by atoms with E-state index in [1.165, 1.54) is 0 Å². The van der Waals surface area contributed by atoms with Gasteiger partial charge in [0.15, 0.2) is 5.11 Å². The molecule has 0 saturated heterocycles. The molecular weight excluding hydrogens is 299 g/mol. The summed E-state index contributed by atoms with van der Waals surface area (Å²) in [5, 5.41) is 3.91. The number of hydrazone groups is 1. The van der Waals surface area contributed by atoms with Crippen LogP contribution in [0.25, 0.3) is 0 Å². The van der Waals surface area contributed by atoms with Crippen molar-refractivity contribution in [2.24, 2.45) is 10.8 Å². The number of aromatic nitrogens is 1. The van der Waals surface area contributed by atoms with E-state index in [4.69, 9.17) is 5.73 Å². The van der Waals surface area contributed by atoms with Crippen molar-refractivity contribution in [1.82, 2.24) is 10.4 Å². The lowest BCUT2D eigenvalue weighted by molar-refractivity contribution is 1.04. The van der Waals surface area contributed by atoms with Crippen molar-refractivity contribution < 1.29 is 0 Å². The minimum absolute atomic E-state index is 0.141. The van der Waals surface area contributed by atoms with Gasteiger partial charge in [-0.05, 0) is 46.9 Å². The lowest BCUT2D eigenvalue weighted by Crippen LogP contribution is -2.24. The first-order chi connectivity index (χ1) is 6.18. The molecule has 0 aliphatic carbocycles. The average molecular weight is 306 g/mol. The minimum atomic E-state index is 0.141. The summed E-state index contributed by atoms with van der Waals surface area (Å²) in [5.41, 5.74) is 8.36. The molecule has 0 aliphatic heterocycles. The number of pyridine rings is 1. The van der Waals surface area contributed by atoms with Gasteiger partial charge in [0.1, 0.15) is 0 Å². The van der Waals surface area contributed by atoms with Crippen molar-refractivity contribution in [1.29, 1.82) is 0 Å². The van der Waals surface area contributed by atoms with Crippen LogP contribution in [0.1, 0.15) is 5.69 Å². The van der Waals surface area contributed by atoms with Crippen LogP contribution < -0.4 is 11.2 Å². The molecule has 1 aromatic rings. The fraction of sp³-hybridized carbons (Fsp3) is 0. The van der Waals surface area contributed by atoms with Crippen molar-refractivity contribution in [2.45, 2.75) is 0 Å². The minimum Gasteiger partial charge on any atom is -0.375 e. The molecule has 0 aliphatic rings. The molecule has 0 amide bonds. The summed E-state index contributed by atoms with van der Waals surface area (Å²) in [5.74, 6) is 0. The van der Waals surface area contributed by atoms with Gasteiger partial charge in [-0.3, -0.25) is 10.4 Å². The van der Waals surface area contributed by atoms with Crippen molar-refractivity contribution >= 4 is 46.1 Å². The van der Waals surface area contributed by atoms with Crippen LogP contribution in [0.2, 0.25) is 0 Å². The van der Waals surface area contributed by atoms with E-state index < -0.39 is 0 Å². The standard InChI is InChI=1S/C7H7IN4S/c8-5-1-2-6(10-3-5)4-11-12-7(9)13/h1-4H,(H3,9,12,13). The number of rotatable bonds is 2. The predicted octanol–water partition coefficient (Wildman–Crippen LogP) is 0.853. The van der Waals surface area contributed by atoms with Crippen LogP contribution in [0.15, 0.2) is 23.4 Å². The van der Waals surface area contributed by atoms with E-state index in [0.29, 0.717) is 0 Å². The van der Waals surface area contributed by atoms with Gasteiger partial charge in [-0.2, -0.15) is 5.10 Å². The highest BCUT2D eigenvalue weighted by molar-refractivity contribution is 14.1. The largest absolute Gasteiger partial charge is 0.375 e. The highest BCUT2D eigenvalue weighted by Gasteiger charge is 1.88. The number of nitrogens with two attached hydrogens (primary N) is 1. The summed E-state index contributed by atoms with van der Waals surface area (Å²) >= 11 is 6.74. The van der Waals surface area contributed by atoms with Gasteiger partial charge in [0, 0.05) is 9.77 Å². The van der Waals surface area contributed by atoms with Crippen LogP contribution in [0.5, 0.6) is 0 Å². The second-order valence-electron chi connectivity index (χ2n) is 2.14. The lowest BCUT2D eigenvalue weighted by Gasteiger charge is -1.94. The predicted molar refractivity (Wildman–Crippen MR) is 64.5 cm³/mol. The molecular formula is C7H7IN4S. The summed E-state index contributed by atoms with van der Waals surface area (Å²) in [6.45, 7) is 0. The van der Waals surface area contributed by atoms with Crippen LogP contribution >= 0.6 is 34.8 Å². The van der Waals surface area contributed by atoms with E-state index in [0.717, 1.165) is 9.26 Å². The topological polar surface area (TPSA) is 63.3 Å². The number of nitrogens with one attached hydrogen (secondary N) is 1. The molecule has 0 unspecified atom stereocenters. The van der Waals surface area contributed by atoms with E-state index in [-0.39, 0.29) is 5.11 Å². The highest BCUT2D eigenvalue weighted by Crippen LogP contribution is 2.01. The normalized spacial score (nSPS) is 10.2. The van der Waals surface area contributed by atoms with E-state index in [1.54, 1.807) is 12.4 Å². The maximum Gasteiger partial charge on any atom is 0.184 e. The summed E-state index contributed by atoms with van der Waals surface area (Å²) in [6.07, 6.45) is 3.30. The smallest absolute Gasteiger partial charge is 0.184 e. The third-order valence-corrected chi connectivity index (χ3v) is 1.85. The van der Waals surface area contributed by atoms with Crippen LogP contribution in [-0.2, 0) is 0 Å². The van der Waals surface area contributed by atoms with Gasteiger partial charge < -0.3 is 5.73 Å². The van der Waals surface area contributed by atoms with E-state index in [2.05, 4.69) is 50.3 Å². The maximum atomic E-state index is 5.17. The Kier molecular flexibility index (Phi) is 4.03. The first-order valence-electron chi connectivity index (χ1n) is 3.38. The number of thiocarbonyl (C=S) groups is 1. The first kappa shape index (κ1) is 10.3. The van der Waals surface area contributed by atoms with Gasteiger partial charge in [-0.15, -0.1) is 0 Å². The van der Waals surface area contributed by atoms with E-state index in [1.807, 2.05) is 12.1 Å². The molecule has 1 heterocycles. The molecule has 0 saturated carbocycles.